The number of halogens is 3. The molecule has 0 fully saturated rings. The topological polar surface area (TPSA) is 0 Å². The molecule has 0 saturated heterocycles. The van der Waals surface area contributed by atoms with Crippen LogP contribution in [-0.2, 0) is 19.0 Å². The molecule has 14 heavy (non-hydrogen) atoms. The van der Waals surface area contributed by atoms with Crippen LogP contribution in [0.25, 0.3) is 0 Å². The van der Waals surface area contributed by atoms with Crippen molar-refractivity contribution in [2.75, 3.05) is 0 Å². The van der Waals surface area contributed by atoms with E-state index in [-0.39, 0.29) is 0 Å². The standard InChI is InChI=1S/C11H12F3/c1-3-8-6-5-7-10(9(8)4-2)11(12,13)14/h5-6H,3-4H2,1-2H3. The monoisotopic (exact) mass is 201 g/mol. The molecule has 0 aliphatic heterocycles. The van der Waals surface area contributed by atoms with Crippen molar-refractivity contribution in [1.29, 1.82) is 0 Å². The van der Waals surface area contributed by atoms with E-state index < -0.39 is 11.7 Å². The van der Waals surface area contributed by atoms with Crippen LogP contribution in [0.2, 0.25) is 0 Å². The molecule has 0 aliphatic rings. The van der Waals surface area contributed by atoms with Crippen molar-refractivity contribution in [1.82, 2.24) is 0 Å². The molecule has 0 saturated carbocycles. The number of benzene rings is 1. The summed E-state index contributed by atoms with van der Waals surface area (Å²) in [7, 11) is 0. The average molecular weight is 201 g/mol. The summed E-state index contributed by atoms with van der Waals surface area (Å²) >= 11 is 0. The maximum absolute atomic E-state index is 12.5. The van der Waals surface area contributed by atoms with Crippen LogP contribution in [0.5, 0.6) is 0 Å². The molecule has 0 bridgehead atoms. The predicted octanol–water partition coefficient (Wildman–Crippen LogP) is 3.63. The molecule has 0 amide bonds. The lowest BCUT2D eigenvalue weighted by Crippen LogP contribution is -2.10. The summed E-state index contributed by atoms with van der Waals surface area (Å²) in [5.74, 6) is 0. The summed E-state index contributed by atoms with van der Waals surface area (Å²) in [4.78, 5) is 0. The summed E-state index contributed by atoms with van der Waals surface area (Å²) in [6.07, 6.45) is -3.26. The van der Waals surface area contributed by atoms with Gasteiger partial charge in [0.15, 0.2) is 0 Å². The summed E-state index contributed by atoms with van der Waals surface area (Å²) < 4.78 is 37.6. The lowest BCUT2D eigenvalue weighted by molar-refractivity contribution is -0.138. The third kappa shape index (κ3) is 2.08. The molecular formula is C11H12F3. The van der Waals surface area contributed by atoms with E-state index in [2.05, 4.69) is 6.07 Å². The van der Waals surface area contributed by atoms with Gasteiger partial charge < -0.3 is 0 Å². The van der Waals surface area contributed by atoms with Gasteiger partial charge in [-0.2, -0.15) is 13.2 Å². The second-order valence-electron chi connectivity index (χ2n) is 3.06. The van der Waals surface area contributed by atoms with Crippen LogP contribution in [0.1, 0.15) is 30.5 Å². The van der Waals surface area contributed by atoms with Gasteiger partial charge in [0.2, 0.25) is 0 Å². The van der Waals surface area contributed by atoms with E-state index in [1.807, 2.05) is 6.92 Å². The Morgan fingerprint density at radius 2 is 1.86 bits per heavy atom. The van der Waals surface area contributed by atoms with Crippen LogP contribution in [-0.4, -0.2) is 0 Å². The largest absolute Gasteiger partial charge is 0.417 e. The van der Waals surface area contributed by atoms with Crippen LogP contribution in [0.4, 0.5) is 13.2 Å². The minimum Gasteiger partial charge on any atom is -0.166 e. The van der Waals surface area contributed by atoms with Crippen molar-refractivity contribution >= 4 is 0 Å². The van der Waals surface area contributed by atoms with E-state index >= 15 is 0 Å². The molecular weight excluding hydrogens is 189 g/mol. The highest BCUT2D eigenvalue weighted by atomic mass is 19.4. The molecule has 1 aromatic carbocycles. The summed E-state index contributed by atoms with van der Waals surface area (Å²) in [5.41, 5.74) is 0.528. The molecule has 77 valence electrons. The van der Waals surface area contributed by atoms with Crippen LogP contribution in [0.3, 0.4) is 0 Å². The highest BCUT2D eigenvalue weighted by molar-refractivity contribution is 5.36. The number of aryl methyl sites for hydroxylation is 1. The van der Waals surface area contributed by atoms with Gasteiger partial charge in [0.25, 0.3) is 0 Å². The fraction of sp³-hybridized carbons (Fsp3) is 0.455. The second-order valence-corrected chi connectivity index (χ2v) is 3.06. The van der Waals surface area contributed by atoms with Gasteiger partial charge in [0, 0.05) is 0 Å². The highest BCUT2D eigenvalue weighted by Crippen LogP contribution is 2.33. The Labute approximate surface area is 81.8 Å². The normalized spacial score (nSPS) is 11.8. The van der Waals surface area contributed by atoms with E-state index in [9.17, 15) is 13.2 Å². The smallest absolute Gasteiger partial charge is 0.166 e. The molecule has 3 heteroatoms. The molecule has 1 radical (unpaired) electrons. The van der Waals surface area contributed by atoms with E-state index in [1.165, 1.54) is 6.07 Å². The van der Waals surface area contributed by atoms with Crippen LogP contribution >= 0.6 is 0 Å². The molecule has 0 aliphatic carbocycles. The van der Waals surface area contributed by atoms with Crippen LogP contribution in [0.15, 0.2) is 12.1 Å². The molecule has 0 N–H and O–H groups in total. The Bertz CT molecular complexity index is 313. The minimum atomic E-state index is -4.28. The first-order valence-electron chi connectivity index (χ1n) is 4.60. The minimum absolute atomic E-state index is 0.377. The predicted molar refractivity (Wildman–Crippen MR) is 49.0 cm³/mol. The van der Waals surface area contributed by atoms with Crippen molar-refractivity contribution in [2.24, 2.45) is 0 Å². The molecule has 0 unspecified atom stereocenters. The van der Waals surface area contributed by atoms with Gasteiger partial charge in [-0.15, -0.1) is 0 Å². The fourth-order valence-electron chi connectivity index (χ4n) is 1.56. The Kier molecular flexibility index (Phi) is 3.19. The first-order valence-corrected chi connectivity index (χ1v) is 4.60. The van der Waals surface area contributed by atoms with Crippen molar-refractivity contribution in [3.63, 3.8) is 0 Å². The van der Waals surface area contributed by atoms with Gasteiger partial charge in [-0.05, 0) is 30.0 Å². The molecule has 1 aromatic rings. The second kappa shape index (κ2) is 4.03. The van der Waals surface area contributed by atoms with Gasteiger partial charge in [0.05, 0.1) is 5.56 Å². The third-order valence-electron chi connectivity index (χ3n) is 2.22. The fourth-order valence-corrected chi connectivity index (χ4v) is 1.56. The number of rotatable bonds is 2. The van der Waals surface area contributed by atoms with E-state index in [4.69, 9.17) is 0 Å². The van der Waals surface area contributed by atoms with Gasteiger partial charge in [-0.25, -0.2) is 0 Å². The van der Waals surface area contributed by atoms with Crippen molar-refractivity contribution in [2.45, 2.75) is 32.9 Å². The quantitative estimate of drug-likeness (QED) is 0.685. The van der Waals surface area contributed by atoms with E-state index in [1.54, 1.807) is 13.0 Å². The molecule has 0 atom stereocenters. The maximum atomic E-state index is 12.5. The lowest BCUT2D eigenvalue weighted by Gasteiger charge is -2.14. The molecule has 1 rings (SSSR count). The van der Waals surface area contributed by atoms with Gasteiger partial charge in [-0.1, -0.05) is 26.0 Å². The first kappa shape index (κ1) is 11.1. The van der Waals surface area contributed by atoms with Gasteiger partial charge in [0.1, 0.15) is 0 Å². The Hall–Kier alpha value is -0.990. The zero-order valence-electron chi connectivity index (χ0n) is 8.20. The zero-order chi connectivity index (χ0) is 10.8. The first-order chi connectivity index (χ1) is 6.50. The summed E-state index contributed by atoms with van der Waals surface area (Å²) in [6.45, 7) is 3.59. The number of hydrogen-bond acceptors (Lipinski definition) is 0. The average Bonchev–Trinajstić information content (AvgIpc) is 2.15. The van der Waals surface area contributed by atoms with Crippen LogP contribution in [0, 0.1) is 6.07 Å². The molecule has 0 spiro atoms. The molecule has 0 aromatic heterocycles. The zero-order valence-corrected chi connectivity index (χ0v) is 8.20. The van der Waals surface area contributed by atoms with E-state index in [0.717, 1.165) is 5.56 Å². The van der Waals surface area contributed by atoms with Crippen molar-refractivity contribution in [3.05, 3.63) is 34.9 Å². The van der Waals surface area contributed by atoms with E-state index in [0.29, 0.717) is 18.4 Å². The third-order valence-corrected chi connectivity index (χ3v) is 2.22. The number of hydrogen-bond donors (Lipinski definition) is 0. The Balaban J connectivity index is 3.29. The number of alkyl halides is 3. The Morgan fingerprint density at radius 1 is 1.21 bits per heavy atom. The lowest BCUT2D eigenvalue weighted by atomic mass is 9.97. The highest BCUT2D eigenvalue weighted by Gasteiger charge is 2.33. The SMILES string of the molecule is CCc1cc[c]c(C(F)(F)F)c1CC. The molecule has 0 nitrogen and oxygen atoms in total. The van der Waals surface area contributed by atoms with Crippen molar-refractivity contribution < 1.29 is 13.2 Å². The van der Waals surface area contributed by atoms with Gasteiger partial charge >= 0.3 is 6.18 Å². The van der Waals surface area contributed by atoms with Crippen LogP contribution < -0.4 is 0 Å². The van der Waals surface area contributed by atoms with Gasteiger partial charge in [-0.3, -0.25) is 0 Å². The maximum Gasteiger partial charge on any atom is 0.417 e. The molecule has 0 heterocycles. The summed E-state index contributed by atoms with van der Waals surface area (Å²) in [6, 6.07) is 5.33. The Morgan fingerprint density at radius 3 is 2.29 bits per heavy atom. The van der Waals surface area contributed by atoms with Crippen molar-refractivity contribution in [3.8, 4) is 0 Å². The summed E-state index contributed by atoms with van der Waals surface area (Å²) in [5, 5.41) is 0.